The number of pyridine rings is 1. The third kappa shape index (κ3) is 9.45. The summed E-state index contributed by atoms with van der Waals surface area (Å²) in [5.74, 6) is -9.23. The number of halogens is 9. The van der Waals surface area contributed by atoms with Crippen molar-refractivity contribution in [3.8, 4) is 0 Å². The van der Waals surface area contributed by atoms with Crippen LogP contribution in [0, 0.1) is 57.6 Å². The fourth-order valence-electron chi connectivity index (χ4n) is 4.33. The molecule has 2 atom stereocenters. The van der Waals surface area contributed by atoms with Crippen molar-refractivity contribution < 1.29 is 45.2 Å². The summed E-state index contributed by atoms with van der Waals surface area (Å²) in [6.07, 6.45) is -1.50. The second-order valence-electron chi connectivity index (χ2n) is 10.4. The number of ether oxygens (including phenoxy) is 1. The number of esters is 1. The van der Waals surface area contributed by atoms with Crippen molar-refractivity contribution in [1.82, 2.24) is 15.2 Å². The largest absolute Gasteiger partial charge is 0.460 e. The molecule has 0 amide bonds. The number of carbonyl (C=O) groups is 1. The van der Waals surface area contributed by atoms with Crippen LogP contribution >= 0.6 is 23.2 Å². The van der Waals surface area contributed by atoms with Gasteiger partial charge in [0.1, 0.15) is 16.8 Å². The smallest absolute Gasteiger partial charge is 0.426 e. The molecule has 0 spiro atoms. The van der Waals surface area contributed by atoms with Crippen molar-refractivity contribution in [2.75, 3.05) is 13.6 Å². The van der Waals surface area contributed by atoms with Gasteiger partial charge in [-0.3, -0.25) is 14.9 Å². The van der Waals surface area contributed by atoms with Gasteiger partial charge in [-0.2, -0.15) is 13.2 Å². The van der Waals surface area contributed by atoms with Crippen molar-refractivity contribution in [2.45, 2.75) is 47.0 Å². The Hall–Kier alpha value is -3.59. The SMILES string of the molecule is CCN(Cc1ccc(Cl)nc1)/C(=C/[N+](=O)[O-])NC.Cc1c(F)c(F)c(COC(=O)C2C(/C=C(\Cl)C(F)(F)F)C2(C)C)c(F)c1F. The van der Waals surface area contributed by atoms with Crippen LogP contribution in [-0.2, 0) is 22.7 Å². The van der Waals surface area contributed by atoms with Gasteiger partial charge in [-0.25, -0.2) is 22.5 Å². The van der Waals surface area contributed by atoms with Crippen LogP contribution in [0.5, 0.6) is 0 Å². The molecule has 17 heteroatoms. The molecule has 1 aromatic carbocycles. The summed E-state index contributed by atoms with van der Waals surface area (Å²) in [4.78, 5) is 27.9. The molecule has 1 heterocycles. The molecule has 1 fully saturated rings. The molecule has 1 aliphatic carbocycles. The maximum absolute atomic E-state index is 13.8. The standard InChI is InChI=1S/C17H14ClF7O2.C11H15ClN4O2/c1-6-11(19)13(21)7(14(22)12(6)20)5-27-15(26)10-8(16(10,2)3)4-9(18)17(23,24)25;1-3-15(11(13-2)8-16(17)18)7-9-4-5-10(12)14-6-9/h4,8,10H,5H2,1-3H3;4-6,8,13H,3,7H2,1-2H3/b9-4-;11-8+. The van der Waals surface area contributed by atoms with Crippen LogP contribution in [0.1, 0.15) is 37.5 Å². The summed E-state index contributed by atoms with van der Waals surface area (Å²) >= 11 is 10.9. The zero-order valence-corrected chi connectivity index (χ0v) is 26.1. The molecule has 2 aromatic rings. The number of hydrogen-bond donors (Lipinski definition) is 1. The van der Waals surface area contributed by atoms with E-state index in [0.29, 0.717) is 30.1 Å². The molecular weight excluding hydrogens is 660 g/mol. The fourth-order valence-corrected chi connectivity index (χ4v) is 4.58. The highest BCUT2D eigenvalue weighted by Gasteiger charge is 2.62. The number of benzene rings is 1. The van der Waals surface area contributed by atoms with Crippen molar-refractivity contribution >= 4 is 29.2 Å². The third-order valence-electron chi connectivity index (χ3n) is 7.06. The summed E-state index contributed by atoms with van der Waals surface area (Å²) in [6.45, 7) is 5.78. The average Bonchev–Trinajstić information content (AvgIpc) is 3.52. The molecule has 2 unspecified atom stereocenters. The van der Waals surface area contributed by atoms with Crippen LogP contribution in [0.2, 0.25) is 5.15 Å². The van der Waals surface area contributed by atoms with Crippen LogP contribution in [0.4, 0.5) is 30.7 Å². The molecule has 8 nitrogen and oxygen atoms in total. The molecule has 1 saturated carbocycles. The molecule has 0 saturated heterocycles. The van der Waals surface area contributed by atoms with E-state index in [1.807, 2.05) is 17.9 Å². The lowest BCUT2D eigenvalue weighted by molar-refractivity contribution is -0.404. The van der Waals surface area contributed by atoms with Gasteiger partial charge in [-0.05, 0) is 36.8 Å². The Morgan fingerprint density at radius 1 is 1.18 bits per heavy atom. The Balaban J connectivity index is 0.000000341. The van der Waals surface area contributed by atoms with Gasteiger partial charge in [0.2, 0.25) is 0 Å². The highest BCUT2D eigenvalue weighted by molar-refractivity contribution is 6.30. The second-order valence-corrected chi connectivity index (χ2v) is 11.2. The Kier molecular flexibility index (Phi) is 12.6. The summed E-state index contributed by atoms with van der Waals surface area (Å²) in [7, 11) is 1.65. The van der Waals surface area contributed by atoms with Crippen molar-refractivity contribution in [2.24, 2.45) is 17.3 Å². The minimum Gasteiger partial charge on any atom is -0.460 e. The molecule has 248 valence electrons. The third-order valence-corrected chi connectivity index (χ3v) is 7.63. The van der Waals surface area contributed by atoms with Gasteiger partial charge < -0.3 is 15.0 Å². The molecule has 0 radical (unpaired) electrons. The number of aromatic nitrogens is 1. The van der Waals surface area contributed by atoms with E-state index in [0.717, 1.165) is 18.7 Å². The highest BCUT2D eigenvalue weighted by Crippen LogP contribution is 2.60. The van der Waals surface area contributed by atoms with Gasteiger partial charge in [0.05, 0.1) is 16.4 Å². The van der Waals surface area contributed by atoms with E-state index in [4.69, 9.17) is 27.9 Å². The van der Waals surface area contributed by atoms with Crippen molar-refractivity contribution in [1.29, 1.82) is 0 Å². The van der Waals surface area contributed by atoms with E-state index < -0.39 is 80.4 Å². The molecule has 0 bridgehead atoms. The zero-order valence-electron chi connectivity index (χ0n) is 24.5. The summed E-state index contributed by atoms with van der Waals surface area (Å²) in [5.41, 5.74) is -1.99. The molecule has 45 heavy (non-hydrogen) atoms. The Morgan fingerprint density at radius 3 is 2.20 bits per heavy atom. The van der Waals surface area contributed by atoms with Crippen LogP contribution in [0.15, 0.2) is 41.5 Å². The number of carbonyl (C=O) groups excluding carboxylic acids is 1. The summed E-state index contributed by atoms with van der Waals surface area (Å²) in [5, 5.41) is 12.4. The predicted molar refractivity (Wildman–Crippen MR) is 151 cm³/mol. The van der Waals surface area contributed by atoms with Crippen LogP contribution in [0.3, 0.4) is 0 Å². The zero-order chi connectivity index (χ0) is 34.4. The molecule has 3 rings (SSSR count). The first-order chi connectivity index (χ1) is 20.8. The number of nitro groups is 1. The van der Waals surface area contributed by atoms with E-state index in [1.54, 1.807) is 19.3 Å². The van der Waals surface area contributed by atoms with E-state index in [-0.39, 0.29) is 0 Å². The number of nitrogens with zero attached hydrogens (tertiary/aromatic N) is 3. The fraction of sp³-hybridized carbons (Fsp3) is 0.429. The first-order valence-electron chi connectivity index (χ1n) is 13.1. The molecule has 0 aliphatic heterocycles. The van der Waals surface area contributed by atoms with Gasteiger partial charge in [0, 0.05) is 31.9 Å². The van der Waals surface area contributed by atoms with Gasteiger partial charge in [0.25, 0.3) is 6.20 Å². The van der Waals surface area contributed by atoms with E-state index >= 15 is 0 Å². The minimum atomic E-state index is -4.78. The number of rotatable bonds is 10. The lowest BCUT2D eigenvalue weighted by Crippen LogP contribution is -2.30. The van der Waals surface area contributed by atoms with Crippen molar-refractivity contribution in [3.63, 3.8) is 0 Å². The van der Waals surface area contributed by atoms with Crippen LogP contribution in [0.25, 0.3) is 0 Å². The highest BCUT2D eigenvalue weighted by atomic mass is 35.5. The van der Waals surface area contributed by atoms with Gasteiger partial charge in [-0.1, -0.05) is 49.2 Å². The van der Waals surface area contributed by atoms with Gasteiger partial charge in [0.15, 0.2) is 29.1 Å². The van der Waals surface area contributed by atoms with Gasteiger partial charge >= 0.3 is 12.1 Å². The van der Waals surface area contributed by atoms with E-state index in [1.165, 1.54) is 13.8 Å². The van der Waals surface area contributed by atoms with Gasteiger partial charge in [-0.15, -0.1) is 0 Å². The average molecular weight is 689 g/mol. The lowest BCUT2D eigenvalue weighted by atomic mass is 10.1. The topological polar surface area (TPSA) is 97.6 Å². The number of allylic oxidation sites excluding steroid dienone is 2. The number of alkyl halides is 3. The van der Waals surface area contributed by atoms with Crippen molar-refractivity contribution in [3.05, 3.63) is 96.7 Å². The van der Waals surface area contributed by atoms with E-state index in [2.05, 4.69) is 10.3 Å². The maximum Gasteiger partial charge on any atom is 0.426 e. The predicted octanol–water partition coefficient (Wildman–Crippen LogP) is 7.40. The summed E-state index contributed by atoms with van der Waals surface area (Å²) < 4.78 is 96.8. The Bertz CT molecular complexity index is 1440. The first kappa shape index (κ1) is 37.6. The number of hydrogen-bond acceptors (Lipinski definition) is 7. The number of nitrogens with one attached hydrogen (secondary N) is 1. The molecule has 1 aromatic heterocycles. The summed E-state index contributed by atoms with van der Waals surface area (Å²) in [6, 6.07) is 3.54. The Labute approximate surface area is 264 Å². The molecular formula is C28H29Cl2F7N4O4. The minimum absolute atomic E-state index is 0.427. The monoisotopic (exact) mass is 688 g/mol. The second kappa shape index (κ2) is 15.1. The quantitative estimate of drug-likeness (QED) is 0.0694. The van der Waals surface area contributed by atoms with Crippen LogP contribution in [-0.4, -0.2) is 40.5 Å². The first-order valence-corrected chi connectivity index (χ1v) is 13.8. The normalized spacial score (nSPS) is 17.6. The Morgan fingerprint density at radius 2 is 1.76 bits per heavy atom. The maximum atomic E-state index is 13.8. The molecule has 1 aliphatic rings. The molecule has 1 N–H and O–H groups in total. The van der Waals surface area contributed by atoms with Crippen LogP contribution < -0.4 is 5.32 Å². The lowest BCUT2D eigenvalue weighted by Gasteiger charge is -2.23. The van der Waals surface area contributed by atoms with E-state index in [9.17, 15) is 45.6 Å².